The van der Waals surface area contributed by atoms with Crippen LogP contribution in [0.2, 0.25) is 0 Å². The molecule has 3 N–H and O–H groups in total. The van der Waals surface area contributed by atoms with Crippen LogP contribution in [0.1, 0.15) is 30.6 Å². The normalized spacial score (nSPS) is 10.5. The number of hydrogen-bond donors (Lipinski definition) is 2. The molecule has 4 heteroatoms. The van der Waals surface area contributed by atoms with E-state index >= 15 is 0 Å². The number of anilines is 1. The van der Waals surface area contributed by atoms with E-state index in [2.05, 4.69) is 16.9 Å². The molecule has 0 atom stereocenters. The molecule has 0 aliphatic carbocycles. The van der Waals surface area contributed by atoms with Gasteiger partial charge in [0.1, 0.15) is 5.82 Å². The largest absolute Gasteiger partial charge is 0.396 e. The van der Waals surface area contributed by atoms with Crippen LogP contribution in [0.25, 0.3) is 0 Å². The van der Waals surface area contributed by atoms with Crippen molar-refractivity contribution in [2.45, 2.75) is 33.1 Å². The van der Waals surface area contributed by atoms with Gasteiger partial charge in [-0.25, -0.2) is 9.97 Å². The lowest BCUT2D eigenvalue weighted by Crippen LogP contribution is -2.08. The molecule has 0 bridgehead atoms. The average molecular weight is 195 g/mol. The van der Waals surface area contributed by atoms with Crippen LogP contribution in [0.4, 0.5) is 5.69 Å². The first-order valence-electron chi connectivity index (χ1n) is 4.91. The predicted molar refractivity (Wildman–Crippen MR) is 56.0 cm³/mol. The smallest absolute Gasteiger partial charge is 0.129 e. The van der Waals surface area contributed by atoms with E-state index < -0.39 is 0 Å². The second-order valence-electron chi connectivity index (χ2n) is 3.31. The molecule has 0 fully saturated rings. The van der Waals surface area contributed by atoms with E-state index in [0.717, 1.165) is 30.1 Å². The number of aliphatic hydroxyl groups excluding tert-OH is 1. The molecule has 0 aromatic carbocycles. The number of nitrogen functional groups attached to an aromatic ring is 1. The van der Waals surface area contributed by atoms with Gasteiger partial charge in [0.2, 0.25) is 0 Å². The van der Waals surface area contributed by atoms with E-state index in [4.69, 9.17) is 10.8 Å². The van der Waals surface area contributed by atoms with E-state index in [0.29, 0.717) is 12.1 Å². The number of aromatic nitrogens is 2. The highest BCUT2D eigenvalue weighted by Crippen LogP contribution is 2.14. The van der Waals surface area contributed by atoms with Gasteiger partial charge in [0, 0.05) is 19.4 Å². The van der Waals surface area contributed by atoms with Crippen LogP contribution < -0.4 is 5.73 Å². The van der Waals surface area contributed by atoms with E-state index in [9.17, 15) is 0 Å². The van der Waals surface area contributed by atoms with Crippen LogP contribution in [0.5, 0.6) is 0 Å². The molecule has 1 heterocycles. The van der Waals surface area contributed by atoms with Crippen LogP contribution in [0, 0.1) is 6.92 Å². The fraction of sp³-hybridized carbons (Fsp3) is 0.600. The lowest BCUT2D eigenvalue weighted by Gasteiger charge is -2.08. The molecule has 0 aliphatic heterocycles. The average Bonchev–Trinajstić information content (AvgIpc) is 2.14. The predicted octanol–water partition coefficient (Wildman–Crippen LogP) is 0.855. The van der Waals surface area contributed by atoms with Gasteiger partial charge in [0.25, 0.3) is 0 Å². The van der Waals surface area contributed by atoms with Gasteiger partial charge in [-0.05, 0) is 13.3 Å². The van der Waals surface area contributed by atoms with Crippen molar-refractivity contribution in [2.24, 2.45) is 0 Å². The van der Waals surface area contributed by atoms with Gasteiger partial charge in [0.15, 0.2) is 0 Å². The second kappa shape index (κ2) is 4.91. The standard InChI is InChI=1S/C10H17N3O/c1-3-4-9-12-7(2)10(11)8(13-9)5-6-14/h14H,3-6,11H2,1-2H3. The number of rotatable bonds is 4. The molecule has 0 saturated carbocycles. The summed E-state index contributed by atoms with van der Waals surface area (Å²) in [6, 6.07) is 0. The first-order chi connectivity index (χ1) is 6.69. The minimum Gasteiger partial charge on any atom is -0.396 e. The van der Waals surface area contributed by atoms with Crippen LogP contribution >= 0.6 is 0 Å². The second-order valence-corrected chi connectivity index (χ2v) is 3.31. The molecule has 0 spiro atoms. The van der Waals surface area contributed by atoms with Crippen molar-refractivity contribution in [1.29, 1.82) is 0 Å². The number of nitrogens with zero attached hydrogens (tertiary/aromatic N) is 2. The molecule has 0 unspecified atom stereocenters. The topological polar surface area (TPSA) is 72.0 Å². The van der Waals surface area contributed by atoms with Crippen molar-refractivity contribution in [3.63, 3.8) is 0 Å². The monoisotopic (exact) mass is 195 g/mol. The molecule has 0 saturated heterocycles. The maximum absolute atomic E-state index is 8.84. The molecule has 14 heavy (non-hydrogen) atoms. The Labute approximate surface area is 84.2 Å². The Balaban J connectivity index is 3.01. The first-order valence-corrected chi connectivity index (χ1v) is 4.91. The van der Waals surface area contributed by atoms with Crippen molar-refractivity contribution in [2.75, 3.05) is 12.3 Å². The molecule has 1 aromatic rings. The molecular formula is C10H17N3O. The number of nitrogens with two attached hydrogens (primary N) is 1. The summed E-state index contributed by atoms with van der Waals surface area (Å²) in [6.45, 7) is 4.03. The molecule has 0 amide bonds. The van der Waals surface area contributed by atoms with E-state index in [1.54, 1.807) is 0 Å². The highest BCUT2D eigenvalue weighted by molar-refractivity contribution is 5.47. The SMILES string of the molecule is CCCc1nc(C)c(N)c(CCO)n1. The van der Waals surface area contributed by atoms with E-state index in [1.807, 2.05) is 6.92 Å². The maximum atomic E-state index is 8.84. The Kier molecular flexibility index (Phi) is 3.83. The Morgan fingerprint density at radius 3 is 2.57 bits per heavy atom. The minimum absolute atomic E-state index is 0.0756. The van der Waals surface area contributed by atoms with Crippen molar-refractivity contribution in [3.8, 4) is 0 Å². The quantitative estimate of drug-likeness (QED) is 0.747. The summed E-state index contributed by atoms with van der Waals surface area (Å²) < 4.78 is 0. The van der Waals surface area contributed by atoms with Crippen LogP contribution in [-0.2, 0) is 12.8 Å². The Bertz CT molecular complexity index is 312. The third-order valence-electron chi connectivity index (χ3n) is 2.08. The Hall–Kier alpha value is -1.16. The summed E-state index contributed by atoms with van der Waals surface area (Å²) in [5.74, 6) is 0.822. The molecule has 0 radical (unpaired) electrons. The summed E-state index contributed by atoms with van der Waals surface area (Å²) in [6.07, 6.45) is 2.38. The van der Waals surface area contributed by atoms with Gasteiger partial charge in [-0.2, -0.15) is 0 Å². The molecule has 4 nitrogen and oxygen atoms in total. The molecule has 0 aliphatic rings. The van der Waals surface area contributed by atoms with Crippen molar-refractivity contribution < 1.29 is 5.11 Å². The highest BCUT2D eigenvalue weighted by Gasteiger charge is 2.07. The van der Waals surface area contributed by atoms with Crippen molar-refractivity contribution >= 4 is 5.69 Å². The van der Waals surface area contributed by atoms with Gasteiger partial charge >= 0.3 is 0 Å². The first kappa shape index (κ1) is 10.9. The van der Waals surface area contributed by atoms with Gasteiger partial charge in [-0.3, -0.25) is 0 Å². The summed E-state index contributed by atoms with van der Waals surface area (Å²) in [4.78, 5) is 8.60. The number of hydrogen-bond acceptors (Lipinski definition) is 4. The zero-order valence-electron chi connectivity index (χ0n) is 8.75. The van der Waals surface area contributed by atoms with E-state index in [-0.39, 0.29) is 6.61 Å². The van der Waals surface area contributed by atoms with Crippen LogP contribution in [0.3, 0.4) is 0 Å². The fourth-order valence-electron chi connectivity index (χ4n) is 1.34. The summed E-state index contributed by atoms with van der Waals surface area (Å²) >= 11 is 0. The highest BCUT2D eigenvalue weighted by atomic mass is 16.3. The van der Waals surface area contributed by atoms with Gasteiger partial charge < -0.3 is 10.8 Å². The fourth-order valence-corrected chi connectivity index (χ4v) is 1.34. The zero-order valence-corrected chi connectivity index (χ0v) is 8.75. The molecule has 1 rings (SSSR count). The molecular weight excluding hydrogens is 178 g/mol. The lowest BCUT2D eigenvalue weighted by molar-refractivity contribution is 0.298. The number of aliphatic hydroxyl groups is 1. The molecule has 1 aromatic heterocycles. The van der Waals surface area contributed by atoms with Gasteiger partial charge in [-0.15, -0.1) is 0 Å². The van der Waals surface area contributed by atoms with Crippen LogP contribution in [0.15, 0.2) is 0 Å². The Morgan fingerprint density at radius 1 is 1.29 bits per heavy atom. The maximum Gasteiger partial charge on any atom is 0.129 e. The van der Waals surface area contributed by atoms with Crippen LogP contribution in [-0.4, -0.2) is 21.7 Å². The summed E-state index contributed by atoms with van der Waals surface area (Å²) in [5.41, 5.74) is 7.99. The lowest BCUT2D eigenvalue weighted by atomic mass is 10.2. The summed E-state index contributed by atoms with van der Waals surface area (Å²) in [7, 11) is 0. The minimum atomic E-state index is 0.0756. The van der Waals surface area contributed by atoms with Crippen molar-refractivity contribution in [1.82, 2.24) is 9.97 Å². The van der Waals surface area contributed by atoms with E-state index in [1.165, 1.54) is 0 Å². The Morgan fingerprint density at radius 2 is 2.00 bits per heavy atom. The zero-order chi connectivity index (χ0) is 10.6. The third-order valence-corrected chi connectivity index (χ3v) is 2.08. The summed E-state index contributed by atoms with van der Waals surface area (Å²) in [5, 5.41) is 8.84. The number of aryl methyl sites for hydroxylation is 2. The third kappa shape index (κ3) is 2.42. The van der Waals surface area contributed by atoms with Gasteiger partial charge in [-0.1, -0.05) is 6.92 Å². The van der Waals surface area contributed by atoms with Crippen molar-refractivity contribution in [3.05, 3.63) is 17.2 Å². The van der Waals surface area contributed by atoms with Gasteiger partial charge in [0.05, 0.1) is 17.1 Å². The molecule has 78 valence electrons.